The van der Waals surface area contributed by atoms with E-state index in [2.05, 4.69) is 48.2 Å². The maximum atomic E-state index is 2.66. The van der Waals surface area contributed by atoms with Crippen LogP contribution >= 0.6 is 11.8 Å². The fourth-order valence-corrected chi connectivity index (χ4v) is 4.51. The minimum absolute atomic E-state index is 0.630. The highest BCUT2D eigenvalue weighted by molar-refractivity contribution is 7.99. The minimum atomic E-state index is 0.630. The van der Waals surface area contributed by atoms with Crippen molar-refractivity contribution in [2.24, 2.45) is 0 Å². The van der Waals surface area contributed by atoms with Crippen LogP contribution in [0.25, 0.3) is 0 Å². The molecule has 1 atom stereocenters. The summed E-state index contributed by atoms with van der Waals surface area (Å²) in [5, 5.41) is 0. The van der Waals surface area contributed by atoms with E-state index < -0.39 is 0 Å². The molecule has 2 heterocycles. The molecule has 3 rings (SSSR count). The number of hydrogen-bond donors (Lipinski definition) is 0. The molecule has 0 bridgehead atoms. The summed E-state index contributed by atoms with van der Waals surface area (Å²) < 4.78 is 0. The number of piperidine rings is 1. The first-order chi connectivity index (χ1) is 9.25. The average Bonchev–Trinajstić information content (AvgIpc) is 2.47. The molecule has 1 saturated heterocycles. The zero-order valence-electron chi connectivity index (χ0n) is 12.0. The molecule has 1 unspecified atom stereocenters. The molecule has 19 heavy (non-hydrogen) atoms. The van der Waals surface area contributed by atoms with Gasteiger partial charge in [0.2, 0.25) is 0 Å². The van der Waals surface area contributed by atoms with Crippen molar-refractivity contribution in [3.8, 4) is 0 Å². The third kappa shape index (κ3) is 2.83. The predicted molar refractivity (Wildman–Crippen MR) is 82.8 cm³/mol. The van der Waals surface area contributed by atoms with Crippen LogP contribution in [0.15, 0.2) is 29.2 Å². The largest absolute Gasteiger partial charge is 0.306 e. The van der Waals surface area contributed by atoms with Gasteiger partial charge in [0.1, 0.15) is 0 Å². The molecular weight excluding hydrogens is 252 g/mol. The molecule has 0 aromatic heterocycles. The fraction of sp³-hybridized carbons (Fsp3) is 0.625. The number of nitrogens with zero attached hydrogens (tertiary/aromatic N) is 2. The molecule has 1 fully saturated rings. The van der Waals surface area contributed by atoms with Gasteiger partial charge in [0.25, 0.3) is 0 Å². The van der Waals surface area contributed by atoms with Gasteiger partial charge in [-0.25, -0.2) is 0 Å². The Morgan fingerprint density at radius 2 is 1.89 bits per heavy atom. The van der Waals surface area contributed by atoms with Gasteiger partial charge in [-0.3, -0.25) is 4.90 Å². The van der Waals surface area contributed by atoms with E-state index in [1.165, 1.54) is 43.0 Å². The van der Waals surface area contributed by atoms with Crippen LogP contribution in [-0.4, -0.2) is 48.8 Å². The monoisotopic (exact) mass is 276 g/mol. The summed E-state index contributed by atoms with van der Waals surface area (Å²) in [6.07, 6.45) is 3.93. The van der Waals surface area contributed by atoms with E-state index in [4.69, 9.17) is 0 Å². The summed E-state index contributed by atoms with van der Waals surface area (Å²) >= 11 is 2.02. The standard InChI is InChI=1S/C16H24N2S/c1-17-10-7-13(8-11-17)18(2)15-9-12-19-16-6-4-3-5-14(15)16/h3-6,13,15H,7-12H2,1-2H3. The average molecular weight is 276 g/mol. The first-order valence-corrected chi connectivity index (χ1v) is 8.36. The number of rotatable bonds is 2. The van der Waals surface area contributed by atoms with Crippen molar-refractivity contribution in [3.63, 3.8) is 0 Å². The van der Waals surface area contributed by atoms with Gasteiger partial charge in [0.05, 0.1) is 0 Å². The highest BCUT2D eigenvalue weighted by atomic mass is 32.2. The summed E-state index contributed by atoms with van der Waals surface area (Å²) in [6.45, 7) is 2.50. The normalized spacial score (nSPS) is 25.5. The molecule has 2 aliphatic rings. The Hall–Kier alpha value is -0.510. The molecule has 0 aliphatic carbocycles. The van der Waals surface area contributed by atoms with E-state index in [1.807, 2.05) is 11.8 Å². The van der Waals surface area contributed by atoms with Crippen LogP contribution in [-0.2, 0) is 0 Å². The maximum absolute atomic E-state index is 2.66. The molecule has 2 aliphatic heterocycles. The van der Waals surface area contributed by atoms with Crippen molar-refractivity contribution in [1.29, 1.82) is 0 Å². The molecule has 3 heteroatoms. The molecule has 0 radical (unpaired) electrons. The second-order valence-electron chi connectivity index (χ2n) is 5.89. The molecular formula is C16H24N2S. The van der Waals surface area contributed by atoms with Gasteiger partial charge in [0.15, 0.2) is 0 Å². The summed E-state index contributed by atoms with van der Waals surface area (Å²) in [7, 11) is 4.58. The van der Waals surface area contributed by atoms with Crippen molar-refractivity contribution in [2.45, 2.75) is 36.2 Å². The van der Waals surface area contributed by atoms with Crippen molar-refractivity contribution in [2.75, 3.05) is 32.9 Å². The molecule has 1 aromatic rings. The molecule has 2 nitrogen and oxygen atoms in total. The molecule has 104 valence electrons. The minimum Gasteiger partial charge on any atom is -0.306 e. The Bertz CT molecular complexity index is 427. The summed E-state index contributed by atoms with van der Waals surface area (Å²) in [4.78, 5) is 6.61. The first-order valence-electron chi connectivity index (χ1n) is 7.38. The summed E-state index contributed by atoms with van der Waals surface area (Å²) in [5.41, 5.74) is 1.56. The van der Waals surface area contributed by atoms with Crippen LogP contribution in [0.2, 0.25) is 0 Å². The number of likely N-dealkylation sites (tertiary alicyclic amines) is 1. The van der Waals surface area contributed by atoms with Crippen molar-refractivity contribution >= 4 is 11.8 Å². The summed E-state index contributed by atoms with van der Waals surface area (Å²) in [6, 6.07) is 10.4. The van der Waals surface area contributed by atoms with Crippen LogP contribution in [0.4, 0.5) is 0 Å². The topological polar surface area (TPSA) is 6.48 Å². The second kappa shape index (κ2) is 5.86. The Morgan fingerprint density at radius 1 is 1.16 bits per heavy atom. The lowest BCUT2D eigenvalue weighted by molar-refractivity contribution is 0.103. The summed E-state index contributed by atoms with van der Waals surface area (Å²) in [5.74, 6) is 1.26. The van der Waals surface area contributed by atoms with Crippen LogP contribution in [0.3, 0.4) is 0 Å². The fourth-order valence-electron chi connectivity index (χ4n) is 3.40. The predicted octanol–water partition coefficient (Wildman–Crippen LogP) is 3.25. The third-order valence-electron chi connectivity index (χ3n) is 4.68. The van der Waals surface area contributed by atoms with Crippen LogP contribution in [0.1, 0.15) is 30.9 Å². The van der Waals surface area contributed by atoms with Gasteiger partial charge in [-0.1, -0.05) is 18.2 Å². The quantitative estimate of drug-likeness (QED) is 0.819. The van der Waals surface area contributed by atoms with Crippen LogP contribution < -0.4 is 0 Å². The van der Waals surface area contributed by atoms with E-state index >= 15 is 0 Å². The van der Waals surface area contributed by atoms with E-state index in [-0.39, 0.29) is 0 Å². The Kier molecular flexibility index (Phi) is 4.15. The van der Waals surface area contributed by atoms with Gasteiger partial charge in [0, 0.05) is 17.0 Å². The van der Waals surface area contributed by atoms with Crippen molar-refractivity contribution < 1.29 is 0 Å². The number of benzene rings is 1. The van der Waals surface area contributed by atoms with Gasteiger partial charge in [-0.2, -0.15) is 0 Å². The second-order valence-corrected chi connectivity index (χ2v) is 7.03. The molecule has 0 N–H and O–H groups in total. The SMILES string of the molecule is CN1CCC(N(C)C2CCSc3ccccc32)CC1. The molecule has 0 spiro atoms. The molecule has 1 aromatic carbocycles. The van der Waals surface area contributed by atoms with Gasteiger partial charge in [-0.15, -0.1) is 11.8 Å². The molecule has 0 saturated carbocycles. The Morgan fingerprint density at radius 3 is 2.68 bits per heavy atom. The van der Waals surface area contributed by atoms with Crippen molar-refractivity contribution in [3.05, 3.63) is 29.8 Å². The van der Waals surface area contributed by atoms with E-state index in [0.717, 1.165) is 6.04 Å². The Balaban J connectivity index is 1.75. The van der Waals surface area contributed by atoms with Crippen molar-refractivity contribution in [1.82, 2.24) is 9.80 Å². The zero-order chi connectivity index (χ0) is 13.2. The highest BCUT2D eigenvalue weighted by Gasteiger charge is 2.29. The zero-order valence-corrected chi connectivity index (χ0v) is 12.8. The third-order valence-corrected chi connectivity index (χ3v) is 5.81. The molecule has 0 amide bonds. The number of thioether (sulfide) groups is 1. The smallest absolute Gasteiger partial charge is 0.0367 e. The number of hydrogen-bond acceptors (Lipinski definition) is 3. The van der Waals surface area contributed by atoms with E-state index in [0.29, 0.717) is 6.04 Å². The van der Waals surface area contributed by atoms with Gasteiger partial charge in [-0.05, 0) is 63.8 Å². The van der Waals surface area contributed by atoms with E-state index in [9.17, 15) is 0 Å². The lowest BCUT2D eigenvalue weighted by Gasteiger charge is -2.41. The first kappa shape index (κ1) is 13.5. The van der Waals surface area contributed by atoms with Crippen LogP contribution in [0, 0.1) is 0 Å². The van der Waals surface area contributed by atoms with Gasteiger partial charge < -0.3 is 4.90 Å². The lowest BCUT2D eigenvalue weighted by Crippen LogP contribution is -2.43. The highest BCUT2D eigenvalue weighted by Crippen LogP contribution is 2.40. The number of fused-ring (bicyclic) bond motifs is 1. The van der Waals surface area contributed by atoms with E-state index in [1.54, 1.807) is 5.56 Å². The maximum Gasteiger partial charge on any atom is 0.0367 e. The lowest BCUT2D eigenvalue weighted by atomic mass is 9.97. The van der Waals surface area contributed by atoms with Gasteiger partial charge >= 0.3 is 0 Å². The van der Waals surface area contributed by atoms with Crippen LogP contribution in [0.5, 0.6) is 0 Å². The Labute approximate surface area is 121 Å².